The molecule has 0 atom stereocenters. The SMILES string of the molecule is CC(C)(F)c1onc(-c2c(Cl)cccc2Cl)c1C(=O)n1cc2c3c(cccc31)/C(=C/C(=O)O)CC2. The van der Waals surface area contributed by atoms with Gasteiger partial charge in [-0.25, -0.2) is 9.18 Å². The van der Waals surface area contributed by atoms with Crippen LogP contribution in [-0.2, 0) is 16.9 Å². The van der Waals surface area contributed by atoms with E-state index in [1.54, 1.807) is 36.5 Å². The van der Waals surface area contributed by atoms with Crippen LogP contribution in [0.25, 0.3) is 27.7 Å². The van der Waals surface area contributed by atoms with Crippen molar-refractivity contribution in [2.45, 2.75) is 32.4 Å². The molecule has 0 bridgehead atoms. The second-order valence-electron chi connectivity index (χ2n) is 8.84. The summed E-state index contributed by atoms with van der Waals surface area (Å²) in [6, 6.07) is 10.2. The molecule has 2 aromatic heterocycles. The Morgan fingerprint density at radius 2 is 1.83 bits per heavy atom. The Balaban J connectivity index is 1.76. The third kappa shape index (κ3) is 3.85. The van der Waals surface area contributed by atoms with E-state index in [1.807, 2.05) is 6.07 Å². The van der Waals surface area contributed by atoms with E-state index in [-0.39, 0.29) is 32.6 Å². The number of carboxylic acids is 1. The van der Waals surface area contributed by atoms with Crippen molar-refractivity contribution in [2.75, 3.05) is 0 Å². The maximum absolute atomic E-state index is 15.2. The zero-order valence-electron chi connectivity index (χ0n) is 18.7. The van der Waals surface area contributed by atoms with Crippen molar-refractivity contribution in [1.29, 1.82) is 0 Å². The van der Waals surface area contributed by atoms with Gasteiger partial charge in [-0.1, -0.05) is 46.6 Å². The van der Waals surface area contributed by atoms with Crippen molar-refractivity contribution in [3.63, 3.8) is 0 Å². The Bertz CT molecular complexity index is 1540. The average Bonchev–Trinajstić information content (AvgIpc) is 3.38. The first-order chi connectivity index (χ1) is 16.6. The molecule has 0 aliphatic heterocycles. The smallest absolute Gasteiger partial charge is 0.328 e. The molecule has 178 valence electrons. The van der Waals surface area contributed by atoms with E-state index in [1.165, 1.54) is 24.5 Å². The van der Waals surface area contributed by atoms with E-state index in [9.17, 15) is 14.7 Å². The molecule has 4 aromatic rings. The van der Waals surface area contributed by atoms with Crippen LogP contribution in [0.4, 0.5) is 4.39 Å². The molecule has 1 N–H and O–H groups in total. The summed E-state index contributed by atoms with van der Waals surface area (Å²) in [7, 11) is 0. The van der Waals surface area contributed by atoms with Crippen LogP contribution in [0.15, 0.2) is 53.2 Å². The van der Waals surface area contributed by atoms with Crippen molar-refractivity contribution in [3.05, 3.63) is 81.2 Å². The maximum Gasteiger partial charge on any atom is 0.328 e. The van der Waals surface area contributed by atoms with Crippen LogP contribution < -0.4 is 0 Å². The number of allylic oxidation sites excluding steroid dienone is 1. The molecular weight excluding hydrogens is 494 g/mol. The third-order valence-electron chi connectivity index (χ3n) is 6.08. The summed E-state index contributed by atoms with van der Waals surface area (Å²) in [5, 5.41) is 14.5. The minimum absolute atomic E-state index is 0.0483. The third-order valence-corrected chi connectivity index (χ3v) is 6.71. The number of aromatic nitrogens is 2. The number of aliphatic carboxylic acids is 1. The molecule has 0 saturated heterocycles. The number of rotatable bonds is 4. The van der Waals surface area contributed by atoms with Crippen molar-refractivity contribution in [2.24, 2.45) is 0 Å². The van der Waals surface area contributed by atoms with Crippen molar-refractivity contribution in [3.8, 4) is 11.3 Å². The molecular formula is C26H19Cl2FN2O4. The Morgan fingerprint density at radius 1 is 1.14 bits per heavy atom. The number of hydrogen-bond donors (Lipinski definition) is 1. The molecule has 2 aromatic carbocycles. The number of carbonyl (C=O) groups is 2. The van der Waals surface area contributed by atoms with Crippen LogP contribution in [0, 0.1) is 0 Å². The van der Waals surface area contributed by atoms with E-state index in [4.69, 9.17) is 27.7 Å². The van der Waals surface area contributed by atoms with E-state index in [0.717, 1.165) is 16.5 Å². The Kier molecular flexibility index (Phi) is 5.57. The molecule has 6 nitrogen and oxygen atoms in total. The Morgan fingerprint density at radius 3 is 2.49 bits per heavy atom. The minimum Gasteiger partial charge on any atom is -0.478 e. The zero-order chi connectivity index (χ0) is 25.1. The van der Waals surface area contributed by atoms with Crippen LogP contribution in [0.3, 0.4) is 0 Å². The lowest BCUT2D eigenvalue weighted by Gasteiger charge is -2.15. The Hall–Kier alpha value is -3.42. The summed E-state index contributed by atoms with van der Waals surface area (Å²) in [4.78, 5) is 25.3. The predicted molar refractivity (Wildman–Crippen MR) is 132 cm³/mol. The van der Waals surface area contributed by atoms with Gasteiger partial charge in [0, 0.05) is 23.2 Å². The van der Waals surface area contributed by atoms with Crippen LogP contribution in [0.2, 0.25) is 10.0 Å². The molecule has 5 rings (SSSR count). The molecule has 0 fully saturated rings. The van der Waals surface area contributed by atoms with E-state index in [0.29, 0.717) is 23.9 Å². The fourth-order valence-corrected chi connectivity index (χ4v) is 5.18. The van der Waals surface area contributed by atoms with Gasteiger partial charge >= 0.3 is 5.97 Å². The highest BCUT2D eigenvalue weighted by molar-refractivity contribution is 6.39. The molecule has 0 radical (unpaired) electrons. The first kappa shape index (κ1) is 23.3. The number of benzene rings is 2. The molecule has 0 spiro atoms. The van der Waals surface area contributed by atoms with Gasteiger partial charge in [-0.05, 0) is 61.6 Å². The summed E-state index contributed by atoms with van der Waals surface area (Å²) in [5.74, 6) is -1.83. The van der Waals surface area contributed by atoms with E-state index in [2.05, 4.69) is 5.16 Å². The lowest BCUT2D eigenvalue weighted by atomic mass is 9.88. The average molecular weight is 513 g/mol. The molecule has 9 heteroatoms. The summed E-state index contributed by atoms with van der Waals surface area (Å²) in [5.41, 5.74) is 1.11. The highest BCUT2D eigenvalue weighted by atomic mass is 35.5. The van der Waals surface area contributed by atoms with E-state index >= 15 is 4.39 Å². The fraction of sp³-hybridized carbons (Fsp3) is 0.192. The number of alkyl halides is 1. The quantitative estimate of drug-likeness (QED) is 0.300. The minimum atomic E-state index is -2.02. The van der Waals surface area contributed by atoms with Gasteiger partial charge in [-0.15, -0.1) is 0 Å². The number of carboxylic acid groups (broad SMARTS) is 1. The van der Waals surface area contributed by atoms with Crippen LogP contribution in [0.5, 0.6) is 0 Å². The molecule has 1 aliphatic carbocycles. The topological polar surface area (TPSA) is 85.3 Å². The Labute approximate surface area is 209 Å². The number of carbonyl (C=O) groups excluding carboxylic acids is 1. The predicted octanol–water partition coefficient (Wildman–Crippen LogP) is 6.91. The van der Waals surface area contributed by atoms with E-state index < -0.39 is 17.5 Å². The van der Waals surface area contributed by atoms with Crippen LogP contribution >= 0.6 is 23.2 Å². The first-order valence-electron chi connectivity index (χ1n) is 10.8. The van der Waals surface area contributed by atoms with Gasteiger partial charge in [-0.2, -0.15) is 0 Å². The van der Waals surface area contributed by atoms with Gasteiger partial charge in [0.05, 0.1) is 15.6 Å². The molecule has 35 heavy (non-hydrogen) atoms. The van der Waals surface area contributed by atoms with Crippen molar-refractivity contribution < 1.29 is 23.6 Å². The molecule has 0 unspecified atom stereocenters. The number of halogens is 3. The number of aryl methyl sites for hydroxylation is 1. The maximum atomic E-state index is 15.2. The second kappa shape index (κ2) is 8.36. The number of nitrogens with zero attached hydrogens (tertiary/aromatic N) is 2. The van der Waals surface area contributed by atoms with Gasteiger partial charge in [0.15, 0.2) is 11.4 Å². The molecule has 1 aliphatic rings. The van der Waals surface area contributed by atoms with Gasteiger partial charge in [0.25, 0.3) is 5.91 Å². The lowest BCUT2D eigenvalue weighted by Crippen LogP contribution is -2.18. The van der Waals surface area contributed by atoms with Crippen LogP contribution in [-0.4, -0.2) is 26.7 Å². The summed E-state index contributed by atoms with van der Waals surface area (Å²) >= 11 is 12.8. The number of hydrogen-bond acceptors (Lipinski definition) is 4. The molecule has 0 amide bonds. The molecule has 0 saturated carbocycles. The summed E-state index contributed by atoms with van der Waals surface area (Å²) < 4.78 is 22.0. The van der Waals surface area contributed by atoms with Crippen molar-refractivity contribution in [1.82, 2.24) is 9.72 Å². The highest BCUT2D eigenvalue weighted by Gasteiger charge is 2.37. The van der Waals surface area contributed by atoms with Gasteiger partial charge < -0.3 is 9.63 Å². The normalized spacial score (nSPS) is 14.6. The second-order valence-corrected chi connectivity index (χ2v) is 9.66. The van der Waals surface area contributed by atoms with Crippen molar-refractivity contribution >= 4 is 51.6 Å². The molecule has 2 heterocycles. The highest BCUT2D eigenvalue weighted by Crippen LogP contribution is 2.42. The zero-order valence-corrected chi connectivity index (χ0v) is 20.2. The largest absolute Gasteiger partial charge is 0.478 e. The fourth-order valence-electron chi connectivity index (χ4n) is 4.61. The van der Waals surface area contributed by atoms with Gasteiger partial charge in [0.2, 0.25) is 0 Å². The standard InChI is InChI=1S/C26H19Cl2FN2O4/c1-26(2,29)24-22(23(30-35-24)21-16(27)6-4-7-17(21)28)25(34)31-12-14-10-9-13(11-19(32)33)15-5-3-8-18(31)20(14)15/h3-8,11-12H,9-10H2,1-2H3,(H,32,33)/b13-11+. The van der Waals surface area contributed by atoms with Crippen LogP contribution in [0.1, 0.15) is 47.5 Å². The summed E-state index contributed by atoms with van der Waals surface area (Å²) in [6.45, 7) is 2.55. The lowest BCUT2D eigenvalue weighted by molar-refractivity contribution is -0.131. The van der Waals surface area contributed by atoms with Gasteiger partial charge in [-0.3, -0.25) is 9.36 Å². The monoisotopic (exact) mass is 512 g/mol. The van der Waals surface area contributed by atoms with Gasteiger partial charge in [0.1, 0.15) is 11.3 Å². The summed E-state index contributed by atoms with van der Waals surface area (Å²) in [6.07, 6.45) is 3.97. The first-order valence-corrected chi connectivity index (χ1v) is 11.6.